The average molecular weight is 302 g/mol. The third kappa shape index (κ3) is 4.02. The maximum Gasteiger partial charge on any atom is 0.171 e. The summed E-state index contributed by atoms with van der Waals surface area (Å²) < 4.78 is 11.4. The molecule has 7 heteroatoms. The van der Waals surface area contributed by atoms with Gasteiger partial charge in [0.05, 0.1) is 18.3 Å². The van der Waals surface area contributed by atoms with Crippen molar-refractivity contribution in [3.05, 3.63) is 17.5 Å². The first-order chi connectivity index (χ1) is 9.37. The van der Waals surface area contributed by atoms with E-state index in [0.29, 0.717) is 18.8 Å². The molecular weight excluding hydrogens is 282 g/mol. The van der Waals surface area contributed by atoms with E-state index in [1.54, 1.807) is 6.20 Å². The summed E-state index contributed by atoms with van der Waals surface area (Å²) in [6, 6.07) is 0. The lowest BCUT2D eigenvalue weighted by Crippen LogP contribution is -2.30. The van der Waals surface area contributed by atoms with Crippen LogP contribution in [0.4, 0.5) is 5.82 Å². The molecule has 0 spiro atoms. The van der Waals surface area contributed by atoms with Gasteiger partial charge in [-0.1, -0.05) is 11.6 Å². The van der Waals surface area contributed by atoms with Crippen molar-refractivity contribution in [1.82, 2.24) is 9.97 Å². The standard InChI is InChI=1S/C13H20ClN3O3/c1-8-10(20-13(2,3)19-8)6-9(18)7-17-12-11(14)15-4-5-16-12/h4-5,8-10,18H,6-7H2,1-3H3,(H,16,17)/t8-,9?,10+/m1/s1. The molecular formula is C13H20ClN3O3. The van der Waals surface area contributed by atoms with Crippen molar-refractivity contribution in [3.63, 3.8) is 0 Å². The van der Waals surface area contributed by atoms with E-state index in [0.717, 1.165) is 0 Å². The van der Waals surface area contributed by atoms with Gasteiger partial charge in [0.15, 0.2) is 16.8 Å². The smallest absolute Gasteiger partial charge is 0.171 e. The van der Waals surface area contributed by atoms with Gasteiger partial charge >= 0.3 is 0 Å². The zero-order chi connectivity index (χ0) is 14.8. The van der Waals surface area contributed by atoms with Crippen molar-refractivity contribution in [2.75, 3.05) is 11.9 Å². The normalized spacial score (nSPS) is 26.4. The van der Waals surface area contributed by atoms with E-state index in [2.05, 4.69) is 15.3 Å². The predicted molar refractivity (Wildman–Crippen MR) is 75.7 cm³/mol. The van der Waals surface area contributed by atoms with Crippen LogP contribution in [0.1, 0.15) is 27.2 Å². The molecule has 112 valence electrons. The van der Waals surface area contributed by atoms with Crippen molar-refractivity contribution in [2.45, 2.75) is 51.3 Å². The molecule has 0 radical (unpaired) electrons. The monoisotopic (exact) mass is 301 g/mol. The second-order valence-electron chi connectivity index (χ2n) is 5.35. The number of aliphatic hydroxyl groups excluding tert-OH is 1. The van der Waals surface area contributed by atoms with Crippen LogP contribution in [0, 0.1) is 0 Å². The molecule has 0 amide bonds. The fourth-order valence-corrected chi connectivity index (χ4v) is 2.43. The van der Waals surface area contributed by atoms with E-state index in [1.807, 2.05) is 20.8 Å². The summed E-state index contributed by atoms with van der Waals surface area (Å²) in [6.45, 7) is 6.01. The zero-order valence-electron chi connectivity index (χ0n) is 11.8. The van der Waals surface area contributed by atoms with Gasteiger partial charge in [0.2, 0.25) is 0 Å². The van der Waals surface area contributed by atoms with Crippen molar-refractivity contribution in [1.29, 1.82) is 0 Å². The molecule has 1 aliphatic heterocycles. The van der Waals surface area contributed by atoms with Gasteiger partial charge in [0.25, 0.3) is 0 Å². The molecule has 0 saturated carbocycles. The Morgan fingerprint density at radius 1 is 1.40 bits per heavy atom. The molecule has 0 aromatic carbocycles. The number of halogens is 1. The molecule has 1 aliphatic rings. The molecule has 1 aromatic heterocycles. The fourth-order valence-electron chi connectivity index (χ4n) is 2.26. The van der Waals surface area contributed by atoms with E-state index >= 15 is 0 Å². The van der Waals surface area contributed by atoms with Crippen molar-refractivity contribution in [3.8, 4) is 0 Å². The molecule has 1 saturated heterocycles. The summed E-state index contributed by atoms with van der Waals surface area (Å²) in [5.41, 5.74) is 0. The largest absolute Gasteiger partial charge is 0.391 e. The fraction of sp³-hybridized carbons (Fsp3) is 0.692. The second kappa shape index (κ2) is 6.22. The number of hydrogen-bond acceptors (Lipinski definition) is 6. The number of nitrogens with zero attached hydrogens (tertiary/aromatic N) is 2. The Bertz CT molecular complexity index is 458. The highest BCUT2D eigenvalue weighted by Crippen LogP contribution is 2.30. The van der Waals surface area contributed by atoms with Gasteiger partial charge in [0, 0.05) is 25.4 Å². The van der Waals surface area contributed by atoms with Gasteiger partial charge in [-0.25, -0.2) is 9.97 Å². The zero-order valence-corrected chi connectivity index (χ0v) is 12.6. The molecule has 2 heterocycles. The highest BCUT2D eigenvalue weighted by Gasteiger charge is 2.39. The van der Waals surface area contributed by atoms with Crippen LogP contribution in [-0.4, -0.2) is 45.7 Å². The summed E-state index contributed by atoms with van der Waals surface area (Å²) in [5.74, 6) is -0.129. The molecule has 1 fully saturated rings. The first-order valence-corrected chi connectivity index (χ1v) is 6.99. The maximum atomic E-state index is 10.1. The van der Waals surface area contributed by atoms with Crippen molar-refractivity contribution in [2.24, 2.45) is 0 Å². The minimum Gasteiger partial charge on any atom is -0.391 e. The number of nitrogens with one attached hydrogen (secondary N) is 1. The Hall–Kier alpha value is -0.950. The van der Waals surface area contributed by atoms with Crippen LogP contribution in [0.5, 0.6) is 0 Å². The molecule has 0 bridgehead atoms. The molecule has 2 N–H and O–H groups in total. The van der Waals surface area contributed by atoms with Crippen LogP contribution in [0.15, 0.2) is 12.4 Å². The minimum atomic E-state index is -0.592. The maximum absolute atomic E-state index is 10.1. The van der Waals surface area contributed by atoms with E-state index < -0.39 is 11.9 Å². The molecule has 1 unspecified atom stereocenters. The topological polar surface area (TPSA) is 76.5 Å². The van der Waals surface area contributed by atoms with Gasteiger partial charge in [0.1, 0.15) is 0 Å². The summed E-state index contributed by atoms with van der Waals surface area (Å²) >= 11 is 5.88. The summed E-state index contributed by atoms with van der Waals surface area (Å²) in [5, 5.41) is 13.3. The first-order valence-electron chi connectivity index (χ1n) is 6.61. The van der Waals surface area contributed by atoms with Gasteiger partial charge in [-0.05, 0) is 20.8 Å². The van der Waals surface area contributed by atoms with Gasteiger partial charge in [-0.15, -0.1) is 0 Å². The molecule has 0 aliphatic carbocycles. The van der Waals surface area contributed by atoms with Gasteiger partial charge in [-0.3, -0.25) is 0 Å². The highest BCUT2D eigenvalue weighted by atomic mass is 35.5. The van der Waals surface area contributed by atoms with E-state index in [-0.39, 0.29) is 17.4 Å². The van der Waals surface area contributed by atoms with Crippen LogP contribution >= 0.6 is 11.6 Å². The Balaban J connectivity index is 1.81. The first kappa shape index (κ1) is 15.4. The Morgan fingerprint density at radius 3 is 2.70 bits per heavy atom. The van der Waals surface area contributed by atoms with Crippen LogP contribution in [0.25, 0.3) is 0 Å². The van der Waals surface area contributed by atoms with E-state index in [1.165, 1.54) is 6.20 Å². The quantitative estimate of drug-likeness (QED) is 0.864. The van der Waals surface area contributed by atoms with Crippen LogP contribution in [-0.2, 0) is 9.47 Å². The number of aliphatic hydroxyl groups is 1. The molecule has 6 nitrogen and oxygen atoms in total. The minimum absolute atomic E-state index is 0.0419. The summed E-state index contributed by atoms with van der Waals surface area (Å²) in [6.07, 6.45) is 2.78. The third-order valence-corrected chi connectivity index (χ3v) is 3.37. The van der Waals surface area contributed by atoms with Crippen molar-refractivity contribution >= 4 is 17.4 Å². The second-order valence-corrected chi connectivity index (χ2v) is 5.70. The third-order valence-electron chi connectivity index (χ3n) is 3.09. The van der Waals surface area contributed by atoms with Crippen LogP contribution < -0.4 is 5.32 Å². The lowest BCUT2D eigenvalue weighted by molar-refractivity contribution is -0.146. The number of ether oxygens (including phenoxy) is 2. The van der Waals surface area contributed by atoms with Gasteiger partial charge in [-0.2, -0.15) is 0 Å². The predicted octanol–water partition coefficient (Wildman–Crippen LogP) is 1.83. The Labute approximate surface area is 123 Å². The molecule has 1 aromatic rings. The summed E-state index contributed by atoms with van der Waals surface area (Å²) in [4.78, 5) is 7.95. The van der Waals surface area contributed by atoms with Crippen LogP contribution in [0.2, 0.25) is 5.15 Å². The highest BCUT2D eigenvalue weighted by molar-refractivity contribution is 6.31. The molecule has 2 rings (SSSR count). The van der Waals surface area contributed by atoms with E-state index in [4.69, 9.17) is 21.1 Å². The average Bonchev–Trinajstić information content (AvgIpc) is 2.61. The van der Waals surface area contributed by atoms with E-state index in [9.17, 15) is 5.11 Å². The number of anilines is 1. The lowest BCUT2D eigenvalue weighted by Gasteiger charge is -2.19. The SMILES string of the molecule is C[C@H]1OC(C)(C)O[C@H]1CC(O)CNc1nccnc1Cl. The molecule has 20 heavy (non-hydrogen) atoms. The Kier molecular flexibility index (Phi) is 4.80. The van der Waals surface area contributed by atoms with Gasteiger partial charge < -0.3 is 19.9 Å². The number of hydrogen-bond donors (Lipinski definition) is 2. The number of rotatable bonds is 5. The summed E-state index contributed by atoms with van der Waals surface area (Å²) in [7, 11) is 0. The number of aromatic nitrogens is 2. The Morgan fingerprint density at radius 2 is 2.10 bits per heavy atom. The lowest BCUT2D eigenvalue weighted by atomic mass is 10.1. The molecule has 3 atom stereocenters. The van der Waals surface area contributed by atoms with Crippen molar-refractivity contribution < 1.29 is 14.6 Å². The van der Waals surface area contributed by atoms with Crippen LogP contribution in [0.3, 0.4) is 0 Å².